The molecule has 7 heteroatoms. The van der Waals surface area contributed by atoms with E-state index in [2.05, 4.69) is 15.3 Å². The van der Waals surface area contributed by atoms with Crippen molar-refractivity contribution in [3.8, 4) is 0 Å². The minimum absolute atomic E-state index is 0.0156. The van der Waals surface area contributed by atoms with E-state index in [1.165, 1.54) is 0 Å². The maximum Gasteiger partial charge on any atom is 0.257 e. The third-order valence-electron chi connectivity index (χ3n) is 3.96. The maximum absolute atomic E-state index is 12.6. The molecule has 0 saturated carbocycles. The van der Waals surface area contributed by atoms with Crippen molar-refractivity contribution >= 4 is 22.8 Å². The fourth-order valence-corrected chi connectivity index (χ4v) is 2.63. The Bertz CT molecular complexity index is 884. The first-order chi connectivity index (χ1) is 12.6. The van der Waals surface area contributed by atoms with Crippen LogP contribution in [0.2, 0.25) is 0 Å². The predicted octanol–water partition coefficient (Wildman–Crippen LogP) is 2.24. The summed E-state index contributed by atoms with van der Waals surface area (Å²) in [6, 6.07) is 14.8. The number of imidazole rings is 1. The number of nitrogens with one attached hydrogen (secondary N) is 3. The van der Waals surface area contributed by atoms with Crippen molar-refractivity contribution in [3.63, 3.8) is 0 Å². The average Bonchev–Trinajstić information content (AvgIpc) is 3.08. The number of benzene rings is 2. The van der Waals surface area contributed by atoms with Gasteiger partial charge in [0.05, 0.1) is 11.0 Å². The summed E-state index contributed by atoms with van der Waals surface area (Å²) in [4.78, 5) is 20.2. The molecule has 134 valence electrons. The van der Waals surface area contributed by atoms with Crippen molar-refractivity contribution in [1.82, 2.24) is 15.3 Å². The van der Waals surface area contributed by atoms with Gasteiger partial charge in [0.1, 0.15) is 11.7 Å². The summed E-state index contributed by atoms with van der Waals surface area (Å²) in [5, 5.41) is 10.3. The Morgan fingerprint density at radius 3 is 2.65 bits per heavy atom. The quantitative estimate of drug-likeness (QED) is 0.386. The molecule has 0 aliphatic heterocycles. The molecule has 2 aromatic carbocycles. The number of para-hydroxylation sites is 2. The lowest BCUT2D eigenvalue weighted by Gasteiger charge is -2.15. The van der Waals surface area contributed by atoms with E-state index in [1.807, 2.05) is 43.3 Å². The minimum Gasteiger partial charge on any atom is -0.384 e. The topological polar surface area (TPSA) is 117 Å². The number of carbonyl (C=O) groups is 1. The number of carbonyl (C=O) groups excluding carboxylic acids is 1. The molecule has 1 unspecified atom stereocenters. The van der Waals surface area contributed by atoms with E-state index in [9.17, 15) is 4.79 Å². The number of nitrogen functional groups attached to an aromatic ring is 1. The average molecular weight is 351 g/mol. The van der Waals surface area contributed by atoms with Crippen molar-refractivity contribution in [2.75, 3.05) is 6.61 Å². The maximum atomic E-state index is 12.6. The van der Waals surface area contributed by atoms with Gasteiger partial charge < -0.3 is 20.8 Å². The molecule has 0 aliphatic carbocycles. The van der Waals surface area contributed by atoms with Crippen LogP contribution < -0.4 is 11.1 Å². The Kier molecular flexibility index (Phi) is 5.28. The van der Waals surface area contributed by atoms with Gasteiger partial charge in [0.15, 0.2) is 6.10 Å². The molecule has 1 amide bonds. The Labute approximate surface area is 151 Å². The van der Waals surface area contributed by atoms with Gasteiger partial charge >= 0.3 is 0 Å². The van der Waals surface area contributed by atoms with Gasteiger partial charge in [-0.05, 0) is 24.6 Å². The van der Waals surface area contributed by atoms with Crippen LogP contribution in [-0.2, 0) is 16.1 Å². The van der Waals surface area contributed by atoms with Gasteiger partial charge in [-0.25, -0.2) is 4.98 Å². The number of aromatic nitrogens is 2. The molecule has 1 heterocycles. The van der Waals surface area contributed by atoms with Gasteiger partial charge in [-0.1, -0.05) is 36.4 Å². The number of amidine groups is 1. The van der Waals surface area contributed by atoms with Crippen LogP contribution in [-0.4, -0.2) is 28.3 Å². The number of aromatic amines is 1. The molecule has 0 spiro atoms. The van der Waals surface area contributed by atoms with Crippen LogP contribution in [0.3, 0.4) is 0 Å². The molecule has 0 radical (unpaired) electrons. The number of amides is 1. The van der Waals surface area contributed by atoms with Crippen molar-refractivity contribution in [2.24, 2.45) is 5.73 Å². The second kappa shape index (κ2) is 7.79. The lowest BCUT2D eigenvalue weighted by molar-refractivity contribution is -0.133. The highest BCUT2D eigenvalue weighted by molar-refractivity contribution is 5.94. The van der Waals surface area contributed by atoms with Crippen LogP contribution in [0.5, 0.6) is 0 Å². The standard InChI is InChI=1S/C19H21N5O2/c1-2-26-16(18-23-14-5-3-4-6-15(14)24-18)19(25)22-11-12-7-9-13(10-8-12)17(20)21/h3-10,16H,2,11H2,1H3,(H3,20,21)(H,22,25)(H,23,24). The minimum atomic E-state index is -0.802. The second-order valence-corrected chi connectivity index (χ2v) is 5.80. The first-order valence-corrected chi connectivity index (χ1v) is 8.35. The highest BCUT2D eigenvalue weighted by Crippen LogP contribution is 2.19. The molecule has 7 nitrogen and oxygen atoms in total. The SMILES string of the molecule is CCOC(C(=O)NCc1ccc(C(=N)N)cc1)c1nc2ccccc2[nH]1. The van der Waals surface area contributed by atoms with E-state index in [-0.39, 0.29) is 11.7 Å². The largest absolute Gasteiger partial charge is 0.384 e. The highest BCUT2D eigenvalue weighted by atomic mass is 16.5. The summed E-state index contributed by atoms with van der Waals surface area (Å²) in [5.74, 6) is 0.237. The molecule has 3 rings (SSSR count). The Hall–Kier alpha value is -3.19. The van der Waals surface area contributed by atoms with Crippen LogP contribution in [0.25, 0.3) is 11.0 Å². The number of hydrogen-bond donors (Lipinski definition) is 4. The summed E-state index contributed by atoms with van der Waals surface area (Å²) in [6.07, 6.45) is -0.802. The molecule has 1 aromatic heterocycles. The van der Waals surface area contributed by atoms with E-state index in [1.54, 1.807) is 12.1 Å². The predicted molar refractivity (Wildman–Crippen MR) is 99.8 cm³/mol. The fourth-order valence-electron chi connectivity index (χ4n) is 2.63. The van der Waals surface area contributed by atoms with E-state index in [4.69, 9.17) is 15.9 Å². The lowest BCUT2D eigenvalue weighted by atomic mass is 10.1. The Balaban J connectivity index is 1.71. The first kappa shape index (κ1) is 17.6. The summed E-state index contributed by atoms with van der Waals surface area (Å²) < 4.78 is 5.61. The normalized spacial score (nSPS) is 12.0. The molecule has 0 saturated heterocycles. The van der Waals surface area contributed by atoms with Crippen LogP contribution in [0.15, 0.2) is 48.5 Å². The van der Waals surface area contributed by atoms with Crippen molar-refractivity contribution < 1.29 is 9.53 Å². The lowest BCUT2D eigenvalue weighted by Crippen LogP contribution is -2.31. The number of fused-ring (bicyclic) bond motifs is 1. The molecule has 1 atom stereocenters. The third kappa shape index (κ3) is 3.89. The van der Waals surface area contributed by atoms with Crippen molar-refractivity contribution in [1.29, 1.82) is 5.41 Å². The third-order valence-corrected chi connectivity index (χ3v) is 3.96. The van der Waals surface area contributed by atoms with Crippen LogP contribution >= 0.6 is 0 Å². The first-order valence-electron chi connectivity index (χ1n) is 8.35. The van der Waals surface area contributed by atoms with E-state index in [0.717, 1.165) is 16.6 Å². The van der Waals surface area contributed by atoms with Crippen molar-refractivity contribution in [3.05, 3.63) is 65.5 Å². The zero-order valence-corrected chi connectivity index (χ0v) is 14.5. The van der Waals surface area contributed by atoms with Gasteiger partial charge in [-0.3, -0.25) is 10.2 Å². The smallest absolute Gasteiger partial charge is 0.257 e. The van der Waals surface area contributed by atoms with Crippen LogP contribution in [0, 0.1) is 5.41 Å². The molecule has 26 heavy (non-hydrogen) atoms. The zero-order chi connectivity index (χ0) is 18.5. The summed E-state index contributed by atoms with van der Waals surface area (Å²) in [7, 11) is 0. The number of nitrogens with two attached hydrogens (primary N) is 1. The number of ether oxygens (including phenoxy) is 1. The number of nitrogens with zero attached hydrogens (tertiary/aromatic N) is 1. The molecular weight excluding hydrogens is 330 g/mol. The van der Waals surface area contributed by atoms with Gasteiger partial charge in [-0.15, -0.1) is 0 Å². The number of rotatable bonds is 7. The summed E-state index contributed by atoms with van der Waals surface area (Å²) in [5.41, 5.74) is 8.65. The van der Waals surface area contributed by atoms with E-state index < -0.39 is 6.10 Å². The van der Waals surface area contributed by atoms with Gasteiger partial charge in [0.2, 0.25) is 0 Å². The summed E-state index contributed by atoms with van der Waals surface area (Å²) >= 11 is 0. The number of hydrogen-bond acceptors (Lipinski definition) is 4. The van der Waals surface area contributed by atoms with Gasteiger partial charge in [-0.2, -0.15) is 0 Å². The molecule has 0 aliphatic rings. The van der Waals surface area contributed by atoms with E-state index >= 15 is 0 Å². The Morgan fingerprint density at radius 1 is 1.27 bits per heavy atom. The Morgan fingerprint density at radius 2 is 2.00 bits per heavy atom. The fraction of sp³-hybridized carbons (Fsp3) is 0.211. The molecular formula is C19H21N5O2. The van der Waals surface area contributed by atoms with E-state index in [0.29, 0.717) is 24.5 Å². The number of H-pyrrole nitrogens is 1. The monoisotopic (exact) mass is 351 g/mol. The van der Waals surface area contributed by atoms with Gasteiger partial charge in [0, 0.05) is 18.7 Å². The molecule has 3 aromatic rings. The van der Waals surface area contributed by atoms with Crippen molar-refractivity contribution in [2.45, 2.75) is 19.6 Å². The molecule has 0 fully saturated rings. The molecule has 0 bridgehead atoms. The molecule has 5 N–H and O–H groups in total. The second-order valence-electron chi connectivity index (χ2n) is 5.80. The highest BCUT2D eigenvalue weighted by Gasteiger charge is 2.24. The zero-order valence-electron chi connectivity index (χ0n) is 14.5. The van der Waals surface area contributed by atoms with Gasteiger partial charge in [0.25, 0.3) is 5.91 Å². The van der Waals surface area contributed by atoms with Crippen LogP contribution in [0.4, 0.5) is 0 Å². The summed E-state index contributed by atoms with van der Waals surface area (Å²) in [6.45, 7) is 2.58. The van der Waals surface area contributed by atoms with Crippen LogP contribution in [0.1, 0.15) is 30.0 Å².